The Balaban J connectivity index is 1.62. The molecule has 0 saturated carbocycles. The molecule has 1 saturated heterocycles. The summed E-state index contributed by atoms with van der Waals surface area (Å²) in [4.78, 5) is 0. The summed E-state index contributed by atoms with van der Waals surface area (Å²) in [5.74, 6) is 0. The number of ether oxygens (including phenoxy) is 1. The van der Waals surface area contributed by atoms with Crippen molar-refractivity contribution in [2.75, 3.05) is 25.1 Å². The number of hydrogen-bond acceptors (Lipinski definition) is 3. The highest BCUT2D eigenvalue weighted by Crippen LogP contribution is 2.28. The zero-order chi connectivity index (χ0) is 13.8. The molecular formula is C17H26N2O. The molecule has 0 amide bonds. The van der Waals surface area contributed by atoms with Gasteiger partial charge in [0.05, 0.1) is 13.2 Å². The van der Waals surface area contributed by atoms with Crippen LogP contribution in [0.15, 0.2) is 18.2 Å². The molecule has 2 atom stereocenters. The molecule has 3 nitrogen and oxygen atoms in total. The average Bonchev–Trinajstić information content (AvgIpc) is 2.48. The molecule has 20 heavy (non-hydrogen) atoms. The minimum Gasteiger partial charge on any atom is -0.382 e. The van der Waals surface area contributed by atoms with Crippen LogP contribution in [0, 0.1) is 0 Å². The third-order valence-corrected chi connectivity index (χ3v) is 4.43. The van der Waals surface area contributed by atoms with E-state index >= 15 is 0 Å². The summed E-state index contributed by atoms with van der Waals surface area (Å²) in [7, 11) is 0. The van der Waals surface area contributed by atoms with Crippen molar-refractivity contribution in [3.8, 4) is 0 Å². The Labute approximate surface area is 122 Å². The van der Waals surface area contributed by atoms with E-state index in [1.54, 1.807) is 11.1 Å². The van der Waals surface area contributed by atoms with Gasteiger partial charge in [-0.25, -0.2) is 0 Å². The molecule has 1 heterocycles. The van der Waals surface area contributed by atoms with Crippen LogP contribution in [0.4, 0.5) is 5.69 Å². The van der Waals surface area contributed by atoms with E-state index in [0.29, 0.717) is 12.1 Å². The molecule has 1 aromatic rings. The van der Waals surface area contributed by atoms with Gasteiger partial charge in [-0.1, -0.05) is 12.1 Å². The Morgan fingerprint density at radius 2 is 2.25 bits per heavy atom. The first-order valence-electron chi connectivity index (χ1n) is 8.01. The van der Waals surface area contributed by atoms with Crippen LogP contribution in [-0.2, 0) is 17.6 Å². The summed E-state index contributed by atoms with van der Waals surface area (Å²) in [6.07, 6.45) is 6.27. The summed E-state index contributed by atoms with van der Waals surface area (Å²) < 4.78 is 5.53. The lowest BCUT2D eigenvalue weighted by molar-refractivity contribution is 0.0731. The highest BCUT2D eigenvalue weighted by molar-refractivity contribution is 5.56. The fourth-order valence-electron chi connectivity index (χ4n) is 3.44. The largest absolute Gasteiger partial charge is 0.382 e. The first kappa shape index (κ1) is 13.9. The van der Waals surface area contributed by atoms with Gasteiger partial charge in [-0.2, -0.15) is 0 Å². The number of nitrogens with one attached hydrogen (secondary N) is 2. The molecule has 2 unspecified atom stereocenters. The minimum atomic E-state index is 0.475. The second-order valence-electron chi connectivity index (χ2n) is 6.16. The van der Waals surface area contributed by atoms with Crippen molar-refractivity contribution in [2.45, 2.75) is 51.1 Å². The Morgan fingerprint density at radius 1 is 1.35 bits per heavy atom. The number of benzene rings is 1. The fraction of sp³-hybridized carbons (Fsp3) is 0.647. The van der Waals surface area contributed by atoms with Crippen molar-refractivity contribution in [3.05, 3.63) is 29.3 Å². The molecule has 1 aromatic carbocycles. The average molecular weight is 274 g/mol. The summed E-state index contributed by atoms with van der Waals surface area (Å²) in [5.41, 5.74) is 4.46. The number of anilines is 1. The van der Waals surface area contributed by atoms with Crippen molar-refractivity contribution in [2.24, 2.45) is 0 Å². The van der Waals surface area contributed by atoms with E-state index < -0.39 is 0 Å². The maximum absolute atomic E-state index is 5.53. The van der Waals surface area contributed by atoms with Gasteiger partial charge in [0.1, 0.15) is 0 Å². The van der Waals surface area contributed by atoms with Gasteiger partial charge in [-0.05, 0) is 56.2 Å². The molecular weight excluding hydrogens is 248 g/mol. The minimum absolute atomic E-state index is 0.475. The Kier molecular flexibility index (Phi) is 4.58. The van der Waals surface area contributed by atoms with E-state index in [-0.39, 0.29) is 0 Å². The van der Waals surface area contributed by atoms with Gasteiger partial charge in [-0.3, -0.25) is 0 Å². The van der Waals surface area contributed by atoms with Crippen molar-refractivity contribution >= 4 is 5.69 Å². The summed E-state index contributed by atoms with van der Waals surface area (Å²) in [6.45, 7) is 4.96. The predicted octanol–water partition coefficient (Wildman–Crippen LogP) is 2.74. The lowest BCUT2D eigenvalue weighted by Gasteiger charge is -2.28. The smallest absolute Gasteiger partial charge is 0.0621 e. The third-order valence-electron chi connectivity index (χ3n) is 4.43. The van der Waals surface area contributed by atoms with Crippen LogP contribution >= 0.6 is 0 Å². The number of rotatable bonds is 4. The van der Waals surface area contributed by atoms with Crippen molar-refractivity contribution in [1.82, 2.24) is 5.32 Å². The molecule has 3 heteroatoms. The van der Waals surface area contributed by atoms with Crippen LogP contribution in [0.1, 0.15) is 37.3 Å². The van der Waals surface area contributed by atoms with Crippen LogP contribution in [0.5, 0.6) is 0 Å². The van der Waals surface area contributed by atoms with Crippen LogP contribution < -0.4 is 10.6 Å². The highest BCUT2D eigenvalue weighted by Gasteiger charge is 2.18. The summed E-state index contributed by atoms with van der Waals surface area (Å²) >= 11 is 0. The van der Waals surface area contributed by atoms with Gasteiger partial charge in [0.25, 0.3) is 0 Å². The zero-order valence-electron chi connectivity index (χ0n) is 12.5. The molecule has 0 bridgehead atoms. The quantitative estimate of drug-likeness (QED) is 0.886. The van der Waals surface area contributed by atoms with Crippen molar-refractivity contribution in [1.29, 1.82) is 0 Å². The fourth-order valence-corrected chi connectivity index (χ4v) is 3.44. The van der Waals surface area contributed by atoms with Crippen LogP contribution in [0.3, 0.4) is 0 Å². The number of fused-ring (bicyclic) bond motifs is 1. The standard InChI is InChI=1S/C17H26N2O/c1-13(11-15-12-20-10-9-18-15)19-17-8-4-6-14-5-2-3-7-16(14)17/h4,6,8,13,15,18-19H,2-3,5,7,9-12H2,1H3. The van der Waals surface area contributed by atoms with E-state index in [9.17, 15) is 0 Å². The van der Waals surface area contributed by atoms with Gasteiger partial charge < -0.3 is 15.4 Å². The molecule has 0 aromatic heterocycles. The lowest BCUT2D eigenvalue weighted by Crippen LogP contribution is -2.43. The molecule has 2 aliphatic rings. The van der Waals surface area contributed by atoms with Gasteiger partial charge in [0.15, 0.2) is 0 Å². The zero-order valence-corrected chi connectivity index (χ0v) is 12.5. The van der Waals surface area contributed by atoms with Crippen LogP contribution in [-0.4, -0.2) is 31.8 Å². The highest BCUT2D eigenvalue weighted by atomic mass is 16.5. The first-order valence-corrected chi connectivity index (χ1v) is 8.01. The maximum Gasteiger partial charge on any atom is 0.0621 e. The SMILES string of the molecule is CC(CC1COCCN1)Nc1cccc2c1CCCC2. The van der Waals surface area contributed by atoms with Crippen molar-refractivity contribution < 1.29 is 4.74 Å². The Morgan fingerprint density at radius 3 is 3.10 bits per heavy atom. The third kappa shape index (κ3) is 3.33. The molecule has 2 N–H and O–H groups in total. The maximum atomic E-state index is 5.53. The van der Waals surface area contributed by atoms with Gasteiger partial charge in [0.2, 0.25) is 0 Å². The predicted molar refractivity (Wildman–Crippen MR) is 83.4 cm³/mol. The van der Waals surface area contributed by atoms with Gasteiger partial charge in [-0.15, -0.1) is 0 Å². The van der Waals surface area contributed by atoms with Crippen LogP contribution in [0.25, 0.3) is 0 Å². The molecule has 3 rings (SSSR count). The molecule has 110 valence electrons. The molecule has 0 radical (unpaired) electrons. The second-order valence-corrected chi connectivity index (χ2v) is 6.16. The van der Waals surface area contributed by atoms with E-state index in [2.05, 4.69) is 35.8 Å². The summed E-state index contributed by atoms with van der Waals surface area (Å²) in [6, 6.07) is 7.70. The summed E-state index contributed by atoms with van der Waals surface area (Å²) in [5, 5.41) is 7.25. The molecule has 0 spiro atoms. The van der Waals surface area contributed by atoms with Gasteiger partial charge in [0, 0.05) is 24.3 Å². The monoisotopic (exact) mass is 274 g/mol. The topological polar surface area (TPSA) is 33.3 Å². The van der Waals surface area contributed by atoms with E-state index in [1.165, 1.54) is 31.4 Å². The van der Waals surface area contributed by atoms with E-state index in [4.69, 9.17) is 4.74 Å². The number of hydrogen-bond donors (Lipinski definition) is 2. The van der Waals surface area contributed by atoms with E-state index in [0.717, 1.165) is 26.2 Å². The molecule has 1 aliphatic heterocycles. The Hall–Kier alpha value is -1.06. The molecule has 1 aliphatic carbocycles. The number of morpholine rings is 1. The molecule has 1 fully saturated rings. The lowest BCUT2D eigenvalue weighted by atomic mass is 9.90. The van der Waals surface area contributed by atoms with E-state index in [1.807, 2.05) is 0 Å². The Bertz CT molecular complexity index is 441. The second kappa shape index (κ2) is 6.59. The van der Waals surface area contributed by atoms with Crippen LogP contribution in [0.2, 0.25) is 0 Å². The normalized spacial score (nSPS) is 23.9. The number of aryl methyl sites for hydroxylation is 1. The van der Waals surface area contributed by atoms with Crippen molar-refractivity contribution in [3.63, 3.8) is 0 Å². The first-order chi connectivity index (χ1) is 9.83. The van der Waals surface area contributed by atoms with Gasteiger partial charge >= 0.3 is 0 Å².